The number of rotatable bonds is 8. The van der Waals surface area contributed by atoms with Crippen LogP contribution in [0.4, 0.5) is 0 Å². The van der Waals surface area contributed by atoms with Gasteiger partial charge >= 0.3 is 23.1 Å². The van der Waals surface area contributed by atoms with E-state index in [-0.39, 0.29) is 34.2 Å². The topological polar surface area (TPSA) is 308 Å². The van der Waals surface area contributed by atoms with Crippen molar-refractivity contribution >= 4 is 50.2 Å². The Morgan fingerprint density at radius 2 is 1.05 bits per heavy atom. The van der Waals surface area contributed by atoms with Crippen LogP contribution >= 0.6 is 15.2 Å². The summed E-state index contributed by atoms with van der Waals surface area (Å²) < 4.78 is 34.4. The van der Waals surface area contributed by atoms with Crippen molar-refractivity contribution in [1.29, 1.82) is 0 Å². The molecule has 4 heterocycles. The number of ether oxygens (including phenoxy) is 2. The van der Waals surface area contributed by atoms with Gasteiger partial charge < -0.3 is 78.4 Å². The van der Waals surface area contributed by atoms with Gasteiger partial charge in [0.15, 0.2) is 37.0 Å². The number of hydrogen-bond donors (Lipinski definition) is 6. The van der Waals surface area contributed by atoms with Gasteiger partial charge in [-0.3, -0.25) is 0 Å². The van der Waals surface area contributed by atoms with E-state index in [0.717, 1.165) is 12.4 Å². The van der Waals surface area contributed by atoms with E-state index in [9.17, 15) is 59.1 Å². The number of aromatic nitrogens is 2. The molecule has 2 aliphatic rings. The monoisotopic (exact) mass is 660 g/mol. The summed E-state index contributed by atoms with van der Waals surface area (Å²) in [5, 5.41) is 60.8. The zero-order chi connectivity index (χ0) is 31.6. The van der Waals surface area contributed by atoms with Crippen LogP contribution < -0.4 is 29.1 Å². The van der Waals surface area contributed by atoms with Crippen molar-refractivity contribution in [2.45, 2.75) is 49.1 Å². The van der Waals surface area contributed by atoms with Crippen LogP contribution in [-0.2, 0) is 18.6 Å². The Kier molecular flexibility index (Phi) is 12.9. The fraction of sp³-hybridized carbons (Fsp3) is 0.455. The molecule has 232 valence electrons. The smallest absolute Gasteiger partial charge is 0.779 e. The van der Waals surface area contributed by atoms with Gasteiger partial charge in [0.2, 0.25) is 0 Å². The minimum Gasteiger partial charge on any atom is -0.779 e. The number of aliphatic hydroxyl groups excluding tert-OH is 4. The second-order valence-corrected chi connectivity index (χ2v) is 12.7. The molecule has 2 unspecified atom stereocenters. The summed E-state index contributed by atoms with van der Waals surface area (Å²) in [6, 6.07) is 5.26. The molecule has 2 aromatic heterocycles. The number of carbonyl (C=O) groups excluding carboxylic acids is 2. The minimum absolute atomic E-state index is 0. The largest absolute Gasteiger partial charge is 2.00 e. The van der Waals surface area contributed by atoms with Crippen molar-refractivity contribution in [3.8, 4) is 0 Å². The van der Waals surface area contributed by atoms with Gasteiger partial charge in [0.1, 0.15) is 39.6 Å². The molecule has 0 bridgehead atoms. The molecule has 0 saturated carbocycles. The van der Waals surface area contributed by atoms with Crippen LogP contribution in [0.2, 0.25) is 0 Å². The van der Waals surface area contributed by atoms with E-state index in [1.54, 1.807) is 0 Å². The fourth-order valence-electron chi connectivity index (χ4n) is 4.25. The molecule has 6 N–H and O–H groups in total. The van der Waals surface area contributed by atoms with Crippen molar-refractivity contribution in [2.24, 2.45) is 0 Å². The third-order valence-electron chi connectivity index (χ3n) is 6.20. The number of aliphatic hydroxyl groups is 4. The molecule has 4 rings (SSSR count). The summed E-state index contributed by atoms with van der Waals surface area (Å²) in [4.78, 5) is 60.8. The number of carbonyl (C=O) groups is 2. The average Bonchev–Trinajstić information content (AvgIpc) is 3.32. The Labute approximate surface area is 258 Å². The number of carboxylic acid groups (broad SMARTS) is 2. The van der Waals surface area contributed by atoms with Gasteiger partial charge in [-0.1, -0.05) is 0 Å². The fourth-order valence-corrected chi connectivity index (χ4v) is 5.76. The zero-order valence-corrected chi connectivity index (χ0v) is 25.1. The number of carboxylic acids is 2. The molecular weight excluding hydrogens is 634 g/mol. The molecule has 2 fully saturated rings. The summed E-state index contributed by atoms with van der Waals surface area (Å²) in [7, 11) is -9.36. The molecule has 0 aromatic carbocycles. The van der Waals surface area contributed by atoms with Gasteiger partial charge in [-0.15, -0.1) is 0 Å². The second-order valence-electron chi connectivity index (χ2n) is 9.39. The first-order chi connectivity index (χ1) is 19.4. The molecule has 0 radical (unpaired) electrons. The maximum Gasteiger partial charge on any atom is 2.00 e. The van der Waals surface area contributed by atoms with E-state index in [0.29, 0.717) is 0 Å². The van der Waals surface area contributed by atoms with Crippen LogP contribution in [0.5, 0.6) is 0 Å². The maximum atomic E-state index is 10.8. The Balaban J connectivity index is 0.000000293. The molecule has 2 aliphatic heterocycles. The van der Waals surface area contributed by atoms with Gasteiger partial charge in [-0.2, -0.15) is 9.13 Å². The van der Waals surface area contributed by atoms with E-state index in [2.05, 4.69) is 0 Å². The van der Waals surface area contributed by atoms with Gasteiger partial charge in [-0.25, -0.2) is 0 Å². The van der Waals surface area contributed by atoms with Crippen LogP contribution in [0.15, 0.2) is 49.1 Å². The van der Waals surface area contributed by atoms with Gasteiger partial charge in [-0.05, 0) is 12.1 Å². The van der Waals surface area contributed by atoms with Crippen LogP contribution in [0.25, 0.3) is 0 Å². The van der Waals surface area contributed by atoms with E-state index in [1.807, 2.05) is 0 Å². The van der Waals surface area contributed by atoms with Crippen LogP contribution in [0.3, 0.4) is 0 Å². The van der Waals surface area contributed by atoms with Gasteiger partial charge in [0.25, 0.3) is 12.5 Å². The van der Waals surface area contributed by atoms with Gasteiger partial charge in [0, 0.05) is 24.5 Å². The van der Waals surface area contributed by atoms with E-state index in [1.165, 1.54) is 45.8 Å². The Morgan fingerprint density at radius 3 is 1.33 bits per heavy atom. The third kappa shape index (κ3) is 10.0. The summed E-state index contributed by atoms with van der Waals surface area (Å²) in [5.41, 5.74) is -0.356. The van der Waals surface area contributed by atoms with Crippen molar-refractivity contribution in [3.63, 3.8) is 0 Å². The van der Waals surface area contributed by atoms with Crippen LogP contribution in [-0.4, -0.2) is 114 Å². The predicted octanol–water partition coefficient (Wildman–Crippen LogP) is -7.38. The molecular formula is C22H26MgN2O16P2. The second kappa shape index (κ2) is 14.9. The SMILES string of the molecule is O=C([O-])c1ccc[n+]([C@@H]2O[C@H](CP(=O)([O-])O)[C@@H](O)[C@H]2O)c1.O=C([O-])c1ccc[n+]([C@@H]2O[C@H](CP(=O)([O-])O)[C@@H](O)[C@H]2O)c1.[Mg+2]. The first-order valence-corrected chi connectivity index (χ1v) is 15.4. The predicted molar refractivity (Wildman–Crippen MR) is 129 cm³/mol. The quantitative estimate of drug-likeness (QED) is 0.0870. The van der Waals surface area contributed by atoms with E-state index in [4.69, 9.17) is 19.3 Å². The molecule has 2 saturated heterocycles. The molecule has 0 aliphatic carbocycles. The van der Waals surface area contributed by atoms with Gasteiger partial charge in [0.05, 0.1) is 23.1 Å². The Morgan fingerprint density at radius 1 is 0.721 bits per heavy atom. The number of nitrogens with zero attached hydrogens (tertiary/aromatic N) is 2. The van der Waals surface area contributed by atoms with Crippen LogP contribution in [0, 0.1) is 0 Å². The summed E-state index contributed by atoms with van der Waals surface area (Å²) in [5.74, 6) is -2.87. The first-order valence-electron chi connectivity index (χ1n) is 11.9. The summed E-state index contributed by atoms with van der Waals surface area (Å²) in [6.07, 6.45) is -7.77. The van der Waals surface area contributed by atoms with Crippen molar-refractivity contribution in [2.75, 3.05) is 12.3 Å². The summed E-state index contributed by atoms with van der Waals surface area (Å²) in [6.45, 7) is 0. The molecule has 0 amide bonds. The molecule has 0 spiro atoms. The number of aromatic carboxylic acids is 2. The Hall–Kier alpha value is -1.93. The van der Waals surface area contributed by atoms with E-state index < -0.39 is 88.5 Å². The maximum absolute atomic E-state index is 10.8. The third-order valence-corrected chi connectivity index (χ3v) is 7.84. The van der Waals surface area contributed by atoms with Crippen molar-refractivity contribution < 1.29 is 87.5 Å². The molecule has 43 heavy (non-hydrogen) atoms. The normalized spacial score (nSPS) is 31.1. The summed E-state index contributed by atoms with van der Waals surface area (Å²) >= 11 is 0. The number of hydrogen-bond acceptors (Lipinski definition) is 14. The first kappa shape index (κ1) is 37.3. The Bertz CT molecular complexity index is 1290. The standard InChI is InChI=1S/2C11H14NO8P.Mg/c2*13-8-7(5-21(17,18)19)20-10(9(8)14)12-3-1-2-6(4-12)11(15)16;/h2*1-4,7-10,13-14H,5H2,(H2-,15,16,17,18,19);/q;;+2/p-2/t2*7-,8-,9-,10-;/m11./s1. The van der Waals surface area contributed by atoms with Crippen molar-refractivity contribution in [3.05, 3.63) is 60.2 Å². The number of pyridine rings is 2. The minimum atomic E-state index is -4.68. The molecule has 2 aromatic rings. The zero-order valence-electron chi connectivity index (χ0n) is 21.9. The van der Waals surface area contributed by atoms with E-state index >= 15 is 0 Å². The molecule has 18 nitrogen and oxygen atoms in total. The molecule has 21 heteroatoms. The van der Waals surface area contributed by atoms with Crippen LogP contribution in [0.1, 0.15) is 33.2 Å². The van der Waals surface area contributed by atoms with Crippen molar-refractivity contribution in [1.82, 2.24) is 0 Å². The molecule has 10 atom stereocenters. The average molecular weight is 661 g/mol.